The standard InChI is InChI=1S/C17H16N2O3/c1-18-15(20)14(16(21)19(2)17(18)22)10-11-7-8-12-5-3-4-6-13(12)9-11/h3-9,14H,10H2,1-2H3. The molecule has 3 rings (SSSR count). The Morgan fingerprint density at radius 3 is 2.09 bits per heavy atom. The number of fused-ring (bicyclic) bond motifs is 1. The Morgan fingerprint density at radius 1 is 0.864 bits per heavy atom. The number of barbiturate groups is 1. The number of hydrogen-bond acceptors (Lipinski definition) is 3. The summed E-state index contributed by atoms with van der Waals surface area (Å²) in [6, 6.07) is 13.2. The normalized spacial score (nSPS) is 16.7. The number of hydrogen-bond donors (Lipinski definition) is 0. The van der Waals surface area contributed by atoms with E-state index in [1.807, 2.05) is 42.5 Å². The number of amides is 4. The monoisotopic (exact) mass is 296 g/mol. The topological polar surface area (TPSA) is 57.7 Å². The van der Waals surface area contributed by atoms with Crippen LogP contribution in [0.2, 0.25) is 0 Å². The zero-order valence-corrected chi connectivity index (χ0v) is 12.4. The summed E-state index contributed by atoms with van der Waals surface area (Å²) in [5.74, 6) is -1.73. The molecule has 0 unspecified atom stereocenters. The van der Waals surface area contributed by atoms with E-state index in [0.717, 1.165) is 26.1 Å². The van der Waals surface area contributed by atoms with Gasteiger partial charge < -0.3 is 0 Å². The second kappa shape index (κ2) is 5.26. The SMILES string of the molecule is CN1C(=O)C(Cc2ccc3ccccc3c2)C(=O)N(C)C1=O. The van der Waals surface area contributed by atoms with Crippen LogP contribution in [0.3, 0.4) is 0 Å². The quantitative estimate of drug-likeness (QED) is 0.797. The van der Waals surface area contributed by atoms with Gasteiger partial charge in [-0.15, -0.1) is 0 Å². The molecule has 1 heterocycles. The molecule has 22 heavy (non-hydrogen) atoms. The van der Waals surface area contributed by atoms with Crippen molar-refractivity contribution in [3.05, 3.63) is 48.0 Å². The Morgan fingerprint density at radius 2 is 1.45 bits per heavy atom. The van der Waals surface area contributed by atoms with Crippen LogP contribution in [0.25, 0.3) is 10.8 Å². The van der Waals surface area contributed by atoms with Crippen molar-refractivity contribution in [1.29, 1.82) is 0 Å². The molecule has 0 aliphatic carbocycles. The highest BCUT2D eigenvalue weighted by Crippen LogP contribution is 2.22. The number of rotatable bonds is 2. The molecule has 0 bridgehead atoms. The zero-order chi connectivity index (χ0) is 15.9. The molecule has 0 N–H and O–H groups in total. The van der Waals surface area contributed by atoms with Crippen LogP contribution in [-0.2, 0) is 16.0 Å². The van der Waals surface area contributed by atoms with Gasteiger partial charge in [0.15, 0.2) is 0 Å². The van der Waals surface area contributed by atoms with Gasteiger partial charge in [-0.2, -0.15) is 0 Å². The summed E-state index contributed by atoms with van der Waals surface area (Å²) < 4.78 is 0. The molecular formula is C17H16N2O3. The molecule has 5 heteroatoms. The van der Waals surface area contributed by atoms with Crippen LogP contribution in [0.15, 0.2) is 42.5 Å². The summed E-state index contributed by atoms with van der Waals surface area (Å²) in [7, 11) is 2.81. The van der Waals surface area contributed by atoms with Crippen molar-refractivity contribution in [2.75, 3.05) is 14.1 Å². The highest BCUT2D eigenvalue weighted by molar-refractivity contribution is 6.15. The Balaban J connectivity index is 1.91. The summed E-state index contributed by atoms with van der Waals surface area (Å²) in [6.07, 6.45) is 0.296. The van der Waals surface area contributed by atoms with E-state index in [1.54, 1.807) is 0 Å². The maximum atomic E-state index is 12.2. The molecule has 1 fully saturated rings. The maximum absolute atomic E-state index is 12.2. The minimum Gasteiger partial charge on any atom is -0.273 e. The molecule has 0 atom stereocenters. The van der Waals surface area contributed by atoms with Gasteiger partial charge in [0.05, 0.1) is 0 Å². The van der Waals surface area contributed by atoms with Gasteiger partial charge in [0.1, 0.15) is 5.92 Å². The molecule has 4 amide bonds. The van der Waals surface area contributed by atoms with Crippen molar-refractivity contribution in [3.8, 4) is 0 Å². The predicted octanol–water partition coefficient (Wildman–Crippen LogP) is 2.05. The molecule has 0 aromatic heterocycles. The second-order valence-corrected chi connectivity index (χ2v) is 5.52. The smallest absolute Gasteiger partial charge is 0.273 e. The molecule has 0 saturated carbocycles. The molecule has 112 valence electrons. The molecule has 0 spiro atoms. The lowest BCUT2D eigenvalue weighted by molar-refractivity contribution is -0.147. The average molecular weight is 296 g/mol. The lowest BCUT2D eigenvalue weighted by atomic mass is 9.94. The summed E-state index contributed by atoms with van der Waals surface area (Å²) in [6.45, 7) is 0. The molecule has 0 radical (unpaired) electrons. The third kappa shape index (κ3) is 2.24. The van der Waals surface area contributed by atoms with Gasteiger partial charge in [-0.3, -0.25) is 19.4 Å². The molecule has 1 saturated heterocycles. The lowest BCUT2D eigenvalue weighted by Crippen LogP contribution is -2.57. The zero-order valence-electron chi connectivity index (χ0n) is 12.4. The van der Waals surface area contributed by atoms with Crippen LogP contribution in [0, 0.1) is 5.92 Å². The third-order valence-electron chi connectivity index (χ3n) is 4.08. The van der Waals surface area contributed by atoms with Crippen LogP contribution >= 0.6 is 0 Å². The fraction of sp³-hybridized carbons (Fsp3) is 0.235. The van der Waals surface area contributed by atoms with E-state index >= 15 is 0 Å². The van der Waals surface area contributed by atoms with Gasteiger partial charge in [-0.25, -0.2) is 4.79 Å². The largest absolute Gasteiger partial charge is 0.332 e. The molecule has 5 nitrogen and oxygen atoms in total. The van der Waals surface area contributed by atoms with Gasteiger partial charge in [-0.1, -0.05) is 42.5 Å². The molecule has 2 aromatic carbocycles. The van der Waals surface area contributed by atoms with Gasteiger partial charge >= 0.3 is 6.03 Å². The van der Waals surface area contributed by atoms with E-state index in [2.05, 4.69) is 0 Å². The van der Waals surface area contributed by atoms with Gasteiger partial charge in [-0.05, 0) is 22.8 Å². The first-order chi connectivity index (χ1) is 10.5. The van der Waals surface area contributed by atoms with Gasteiger partial charge in [0.2, 0.25) is 11.8 Å². The van der Waals surface area contributed by atoms with E-state index in [0.29, 0.717) is 6.42 Å². The van der Waals surface area contributed by atoms with E-state index in [-0.39, 0.29) is 0 Å². The summed E-state index contributed by atoms with van der Waals surface area (Å²) in [5.41, 5.74) is 0.904. The highest BCUT2D eigenvalue weighted by atomic mass is 16.2. The van der Waals surface area contributed by atoms with Crippen LogP contribution in [0.4, 0.5) is 4.79 Å². The summed E-state index contributed by atoms with van der Waals surface area (Å²) in [5, 5.41) is 2.17. The molecular weight excluding hydrogens is 280 g/mol. The van der Waals surface area contributed by atoms with E-state index in [9.17, 15) is 14.4 Å². The molecule has 2 aromatic rings. The summed E-state index contributed by atoms with van der Waals surface area (Å²) in [4.78, 5) is 38.2. The lowest BCUT2D eigenvalue weighted by Gasteiger charge is -2.32. The van der Waals surface area contributed by atoms with Crippen molar-refractivity contribution in [3.63, 3.8) is 0 Å². The Bertz CT molecular complexity index is 760. The van der Waals surface area contributed by atoms with Crippen molar-refractivity contribution < 1.29 is 14.4 Å². The number of nitrogens with zero attached hydrogens (tertiary/aromatic N) is 2. The number of benzene rings is 2. The summed E-state index contributed by atoms with van der Waals surface area (Å²) >= 11 is 0. The minimum absolute atomic E-state index is 0.296. The molecule has 1 aliphatic rings. The maximum Gasteiger partial charge on any atom is 0.332 e. The Labute approximate surface area is 128 Å². The Kier molecular flexibility index (Phi) is 3.41. The van der Waals surface area contributed by atoms with Gasteiger partial charge in [0.25, 0.3) is 0 Å². The fourth-order valence-electron chi connectivity index (χ4n) is 2.76. The van der Waals surface area contributed by atoms with E-state index in [1.165, 1.54) is 14.1 Å². The fourth-order valence-corrected chi connectivity index (χ4v) is 2.76. The van der Waals surface area contributed by atoms with E-state index in [4.69, 9.17) is 0 Å². The first kappa shape index (κ1) is 14.3. The van der Waals surface area contributed by atoms with Crippen molar-refractivity contribution in [1.82, 2.24) is 9.80 Å². The van der Waals surface area contributed by atoms with Crippen molar-refractivity contribution >= 4 is 28.6 Å². The Hall–Kier alpha value is -2.69. The number of carbonyl (C=O) groups excluding carboxylic acids is 3. The van der Waals surface area contributed by atoms with E-state index < -0.39 is 23.8 Å². The van der Waals surface area contributed by atoms with Crippen molar-refractivity contribution in [2.45, 2.75) is 6.42 Å². The van der Waals surface area contributed by atoms with Crippen molar-refractivity contribution in [2.24, 2.45) is 5.92 Å². The molecule has 1 aliphatic heterocycles. The van der Waals surface area contributed by atoms with Crippen LogP contribution < -0.4 is 0 Å². The third-order valence-corrected chi connectivity index (χ3v) is 4.08. The van der Waals surface area contributed by atoms with Gasteiger partial charge in [0, 0.05) is 14.1 Å². The first-order valence-electron chi connectivity index (χ1n) is 7.06. The first-order valence-corrected chi connectivity index (χ1v) is 7.06. The van der Waals surface area contributed by atoms with Crippen LogP contribution in [-0.4, -0.2) is 41.7 Å². The second-order valence-electron chi connectivity index (χ2n) is 5.52. The highest BCUT2D eigenvalue weighted by Gasteiger charge is 2.42. The number of carbonyl (C=O) groups is 3. The van der Waals surface area contributed by atoms with Crippen LogP contribution in [0.5, 0.6) is 0 Å². The number of urea groups is 1. The predicted molar refractivity (Wildman–Crippen MR) is 82.1 cm³/mol. The average Bonchev–Trinajstić information content (AvgIpc) is 2.55. The van der Waals surface area contributed by atoms with Crippen LogP contribution in [0.1, 0.15) is 5.56 Å². The number of imide groups is 2. The minimum atomic E-state index is -0.839.